The third kappa shape index (κ3) is 1.82. The summed E-state index contributed by atoms with van der Waals surface area (Å²) in [7, 11) is 0. The second-order valence-corrected chi connectivity index (χ2v) is 3.10. The molecule has 72 valence electrons. The van der Waals surface area contributed by atoms with Crippen molar-refractivity contribution in [2.24, 2.45) is 0 Å². The fraction of sp³-hybridized carbons (Fsp3) is 0.0909. The number of rotatable bonds is 2. The molecule has 0 atom stereocenters. The first-order valence-corrected chi connectivity index (χ1v) is 4.30. The fourth-order valence-corrected chi connectivity index (χ4v) is 1.32. The number of hydrogen-bond donors (Lipinski definition) is 0. The van der Waals surface area contributed by atoms with Crippen molar-refractivity contribution in [2.45, 2.75) is 6.54 Å². The summed E-state index contributed by atoms with van der Waals surface area (Å²) in [5.74, 6) is -1.60. The molecule has 1 aromatic heterocycles. The summed E-state index contributed by atoms with van der Waals surface area (Å²) in [5, 5.41) is 0. The van der Waals surface area contributed by atoms with E-state index >= 15 is 0 Å². The van der Waals surface area contributed by atoms with Crippen LogP contribution in [0.15, 0.2) is 42.7 Å². The molecule has 0 aliphatic carbocycles. The van der Waals surface area contributed by atoms with Gasteiger partial charge in [0.05, 0.1) is 0 Å². The molecule has 14 heavy (non-hydrogen) atoms. The largest absolute Gasteiger partial charge is 0.350 e. The maximum absolute atomic E-state index is 12.8. The Balaban J connectivity index is 2.22. The topological polar surface area (TPSA) is 4.93 Å². The number of hydrogen-bond acceptors (Lipinski definition) is 0. The molecule has 3 heteroatoms. The summed E-state index contributed by atoms with van der Waals surface area (Å²) >= 11 is 0. The van der Waals surface area contributed by atoms with Crippen LogP contribution in [-0.2, 0) is 6.54 Å². The van der Waals surface area contributed by atoms with Crippen molar-refractivity contribution >= 4 is 0 Å². The molecule has 0 saturated heterocycles. The van der Waals surface area contributed by atoms with Crippen LogP contribution >= 0.6 is 0 Å². The summed E-state index contributed by atoms with van der Waals surface area (Å²) in [5.41, 5.74) is 0.750. The summed E-state index contributed by atoms with van der Waals surface area (Å²) in [6.45, 7) is 0.560. The zero-order valence-corrected chi connectivity index (χ0v) is 7.45. The van der Waals surface area contributed by atoms with Crippen LogP contribution in [0.3, 0.4) is 0 Å². The highest BCUT2D eigenvalue weighted by atomic mass is 19.2. The van der Waals surface area contributed by atoms with E-state index in [1.165, 1.54) is 6.07 Å². The lowest BCUT2D eigenvalue weighted by atomic mass is 10.2. The Bertz CT molecular complexity index is 421. The van der Waals surface area contributed by atoms with Gasteiger partial charge in [0, 0.05) is 18.9 Å². The monoisotopic (exact) mass is 193 g/mol. The van der Waals surface area contributed by atoms with Crippen LogP contribution < -0.4 is 0 Å². The SMILES string of the molecule is Fc1ccc(Cn2cccc2)cc1F. The number of aromatic nitrogens is 1. The molecule has 0 spiro atoms. The molecule has 0 radical (unpaired) electrons. The van der Waals surface area contributed by atoms with Gasteiger partial charge in [-0.15, -0.1) is 0 Å². The van der Waals surface area contributed by atoms with Gasteiger partial charge >= 0.3 is 0 Å². The Morgan fingerprint density at radius 2 is 1.71 bits per heavy atom. The fourth-order valence-electron chi connectivity index (χ4n) is 1.32. The predicted molar refractivity (Wildman–Crippen MR) is 49.9 cm³/mol. The standard InChI is InChI=1S/C11H9F2N/c12-10-4-3-9(7-11(10)13)8-14-5-1-2-6-14/h1-7H,8H2. The van der Waals surface area contributed by atoms with Crippen molar-refractivity contribution in [2.75, 3.05) is 0 Å². The zero-order chi connectivity index (χ0) is 9.97. The first-order valence-electron chi connectivity index (χ1n) is 4.30. The molecular formula is C11H9F2N. The molecular weight excluding hydrogens is 184 g/mol. The van der Waals surface area contributed by atoms with Crippen LogP contribution in [-0.4, -0.2) is 4.57 Å². The van der Waals surface area contributed by atoms with E-state index in [4.69, 9.17) is 0 Å². The van der Waals surface area contributed by atoms with Crippen LogP contribution in [0.2, 0.25) is 0 Å². The van der Waals surface area contributed by atoms with Crippen molar-refractivity contribution < 1.29 is 8.78 Å². The van der Waals surface area contributed by atoms with Crippen LogP contribution in [0.25, 0.3) is 0 Å². The van der Waals surface area contributed by atoms with Gasteiger partial charge in [-0.25, -0.2) is 8.78 Å². The molecule has 0 bridgehead atoms. The molecule has 0 aliphatic heterocycles. The van der Waals surface area contributed by atoms with Gasteiger partial charge in [-0.2, -0.15) is 0 Å². The third-order valence-electron chi connectivity index (χ3n) is 2.02. The molecule has 2 aromatic rings. The van der Waals surface area contributed by atoms with Crippen LogP contribution in [0.4, 0.5) is 8.78 Å². The number of nitrogens with zero attached hydrogens (tertiary/aromatic N) is 1. The molecule has 0 N–H and O–H groups in total. The van der Waals surface area contributed by atoms with Gasteiger partial charge in [-0.3, -0.25) is 0 Å². The van der Waals surface area contributed by atoms with Crippen molar-refractivity contribution in [3.8, 4) is 0 Å². The lowest BCUT2D eigenvalue weighted by molar-refractivity contribution is 0.506. The second kappa shape index (κ2) is 3.62. The van der Waals surface area contributed by atoms with Gasteiger partial charge in [0.25, 0.3) is 0 Å². The van der Waals surface area contributed by atoms with E-state index in [1.807, 2.05) is 29.1 Å². The summed E-state index contributed by atoms with van der Waals surface area (Å²) < 4.78 is 27.3. The van der Waals surface area contributed by atoms with E-state index < -0.39 is 11.6 Å². The lowest BCUT2D eigenvalue weighted by Crippen LogP contribution is -1.97. The summed E-state index contributed by atoms with van der Waals surface area (Å²) in [4.78, 5) is 0. The lowest BCUT2D eigenvalue weighted by Gasteiger charge is -2.03. The molecule has 0 saturated carbocycles. The van der Waals surface area contributed by atoms with Gasteiger partial charge in [0.1, 0.15) is 0 Å². The predicted octanol–water partition coefficient (Wildman–Crippen LogP) is 2.81. The van der Waals surface area contributed by atoms with E-state index in [0.29, 0.717) is 6.54 Å². The first-order chi connectivity index (χ1) is 6.75. The quantitative estimate of drug-likeness (QED) is 0.691. The molecule has 0 fully saturated rings. The van der Waals surface area contributed by atoms with Gasteiger partial charge in [-0.05, 0) is 29.8 Å². The van der Waals surface area contributed by atoms with Gasteiger partial charge in [0.2, 0.25) is 0 Å². The van der Waals surface area contributed by atoms with Crippen LogP contribution in [0.5, 0.6) is 0 Å². The third-order valence-corrected chi connectivity index (χ3v) is 2.02. The highest BCUT2D eigenvalue weighted by Gasteiger charge is 2.02. The van der Waals surface area contributed by atoms with Crippen LogP contribution in [0, 0.1) is 11.6 Å². The van der Waals surface area contributed by atoms with Crippen molar-refractivity contribution in [3.63, 3.8) is 0 Å². The Morgan fingerprint density at radius 3 is 2.36 bits per heavy atom. The average molecular weight is 193 g/mol. The van der Waals surface area contributed by atoms with Crippen molar-refractivity contribution in [1.29, 1.82) is 0 Å². The average Bonchev–Trinajstić information content (AvgIpc) is 2.64. The van der Waals surface area contributed by atoms with E-state index in [-0.39, 0.29) is 0 Å². The molecule has 0 aliphatic rings. The normalized spacial score (nSPS) is 10.4. The molecule has 0 amide bonds. The zero-order valence-electron chi connectivity index (χ0n) is 7.45. The minimum Gasteiger partial charge on any atom is -0.350 e. The van der Waals surface area contributed by atoms with Crippen LogP contribution in [0.1, 0.15) is 5.56 Å². The summed E-state index contributed by atoms with van der Waals surface area (Å²) in [6.07, 6.45) is 3.75. The van der Waals surface area contributed by atoms with E-state index in [1.54, 1.807) is 6.07 Å². The van der Waals surface area contributed by atoms with Gasteiger partial charge in [-0.1, -0.05) is 6.07 Å². The van der Waals surface area contributed by atoms with Gasteiger partial charge < -0.3 is 4.57 Å². The highest BCUT2D eigenvalue weighted by Crippen LogP contribution is 2.09. The molecule has 1 nitrogen and oxygen atoms in total. The molecule has 0 unspecified atom stereocenters. The van der Waals surface area contributed by atoms with Gasteiger partial charge in [0.15, 0.2) is 11.6 Å². The van der Waals surface area contributed by atoms with E-state index in [0.717, 1.165) is 11.6 Å². The van der Waals surface area contributed by atoms with Crippen molar-refractivity contribution in [3.05, 3.63) is 59.9 Å². The van der Waals surface area contributed by atoms with E-state index in [9.17, 15) is 8.78 Å². The molecule has 2 rings (SSSR count). The first kappa shape index (κ1) is 8.94. The number of benzene rings is 1. The highest BCUT2D eigenvalue weighted by molar-refractivity contribution is 5.18. The van der Waals surface area contributed by atoms with E-state index in [2.05, 4.69) is 0 Å². The maximum atomic E-state index is 12.8. The Hall–Kier alpha value is -1.64. The number of halogens is 2. The second-order valence-electron chi connectivity index (χ2n) is 3.10. The smallest absolute Gasteiger partial charge is 0.159 e. The van der Waals surface area contributed by atoms with Crippen molar-refractivity contribution in [1.82, 2.24) is 4.57 Å². The Labute approximate surface area is 80.6 Å². The Kier molecular flexibility index (Phi) is 2.31. The minimum atomic E-state index is -0.804. The summed E-state index contributed by atoms with van der Waals surface area (Å²) in [6, 6.07) is 7.72. The molecule has 1 heterocycles. The molecule has 1 aromatic carbocycles. The maximum Gasteiger partial charge on any atom is 0.159 e. The minimum absolute atomic E-state index is 0.560. The Morgan fingerprint density at radius 1 is 1.00 bits per heavy atom.